The fourth-order valence-electron chi connectivity index (χ4n) is 4.38. The lowest BCUT2D eigenvalue weighted by Crippen LogP contribution is -2.44. The third kappa shape index (κ3) is 3.92. The maximum absolute atomic E-state index is 11.1. The molecule has 26 heavy (non-hydrogen) atoms. The van der Waals surface area contributed by atoms with Crippen molar-refractivity contribution in [2.45, 2.75) is 50.9 Å². The van der Waals surface area contributed by atoms with E-state index in [1.54, 1.807) is 6.92 Å². The molecular formula is C22H28N2O2. The minimum absolute atomic E-state index is 0.0276. The fraction of sp³-hybridized carbons (Fsp3) is 0.500. The fourth-order valence-corrected chi connectivity index (χ4v) is 4.38. The Balaban J connectivity index is 1.31. The van der Waals surface area contributed by atoms with Gasteiger partial charge >= 0.3 is 0 Å². The maximum Gasteiger partial charge on any atom is 0.216 e. The van der Waals surface area contributed by atoms with Gasteiger partial charge in [-0.05, 0) is 48.1 Å². The third-order valence-corrected chi connectivity index (χ3v) is 5.90. The molecule has 0 saturated carbocycles. The summed E-state index contributed by atoms with van der Waals surface area (Å²) in [6, 6.07) is 15.3. The van der Waals surface area contributed by atoms with Gasteiger partial charge in [-0.2, -0.15) is 0 Å². The van der Waals surface area contributed by atoms with Gasteiger partial charge in [0, 0.05) is 33.1 Å². The van der Waals surface area contributed by atoms with Gasteiger partial charge in [0.05, 0.1) is 11.7 Å². The van der Waals surface area contributed by atoms with Crippen molar-refractivity contribution in [2.75, 3.05) is 19.6 Å². The molecule has 0 aromatic heterocycles. The zero-order chi connectivity index (χ0) is 18.0. The first-order valence-corrected chi connectivity index (χ1v) is 9.74. The molecule has 0 radical (unpaired) electrons. The molecule has 2 aromatic carbocycles. The summed E-state index contributed by atoms with van der Waals surface area (Å²) in [6.45, 7) is 5.39. The van der Waals surface area contributed by atoms with Crippen molar-refractivity contribution >= 4 is 16.7 Å². The third-order valence-electron chi connectivity index (χ3n) is 5.90. The molecule has 2 aliphatic rings. The maximum atomic E-state index is 11.1. The van der Waals surface area contributed by atoms with Crippen molar-refractivity contribution in [3.63, 3.8) is 0 Å². The summed E-state index contributed by atoms with van der Waals surface area (Å²) in [4.78, 5) is 13.6. The second-order valence-corrected chi connectivity index (χ2v) is 7.86. The van der Waals surface area contributed by atoms with E-state index in [2.05, 4.69) is 52.7 Å². The Bertz CT molecular complexity index is 781. The second-order valence-electron chi connectivity index (χ2n) is 7.86. The minimum Gasteiger partial charge on any atom is -0.370 e. The number of rotatable bonds is 4. The zero-order valence-corrected chi connectivity index (χ0v) is 15.5. The number of ether oxygens (including phenoxy) is 1. The van der Waals surface area contributed by atoms with Crippen molar-refractivity contribution < 1.29 is 9.53 Å². The lowest BCUT2D eigenvalue weighted by molar-refractivity contribution is -0.120. The average molecular weight is 352 g/mol. The molecule has 0 bridgehead atoms. The number of likely N-dealkylation sites (tertiary alicyclic amines) is 1. The number of nitrogens with one attached hydrogen (secondary N) is 1. The van der Waals surface area contributed by atoms with Gasteiger partial charge in [-0.25, -0.2) is 0 Å². The summed E-state index contributed by atoms with van der Waals surface area (Å²) < 4.78 is 6.36. The van der Waals surface area contributed by atoms with Crippen LogP contribution in [-0.2, 0) is 16.1 Å². The van der Waals surface area contributed by atoms with Crippen LogP contribution in [0.3, 0.4) is 0 Å². The quantitative estimate of drug-likeness (QED) is 0.916. The van der Waals surface area contributed by atoms with Crippen LogP contribution < -0.4 is 5.32 Å². The van der Waals surface area contributed by atoms with E-state index in [0.717, 1.165) is 45.3 Å². The summed E-state index contributed by atoms with van der Waals surface area (Å²) in [5.41, 5.74) is 1.43. The predicted octanol–water partition coefficient (Wildman–Crippen LogP) is 3.49. The van der Waals surface area contributed by atoms with Crippen LogP contribution in [0.5, 0.6) is 0 Å². The monoisotopic (exact) mass is 352 g/mol. The van der Waals surface area contributed by atoms with Crippen molar-refractivity contribution in [1.29, 1.82) is 0 Å². The smallest absolute Gasteiger partial charge is 0.216 e. The first kappa shape index (κ1) is 17.5. The number of carbonyl (C=O) groups excluding carboxylic acids is 1. The van der Waals surface area contributed by atoms with Crippen LogP contribution in [-0.4, -0.2) is 42.1 Å². The summed E-state index contributed by atoms with van der Waals surface area (Å²) >= 11 is 0. The molecule has 2 aromatic rings. The lowest BCUT2D eigenvalue weighted by Gasteiger charge is -2.39. The Hall–Kier alpha value is -1.91. The van der Waals surface area contributed by atoms with E-state index in [0.29, 0.717) is 6.54 Å². The molecule has 1 amide bonds. The number of fused-ring (bicyclic) bond motifs is 1. The summed E-state index contributed by atoms with van der Waals surface area (Å²) in [7, 11) is 0. The molecule has 4 heteroatoms. The molecule has 4 nitrogen and oxygen atoms in total. The average Bonchev–Trinajstić information content (AvgIpc) is 3.05. The van der Waals surface area contributed by atoms with Crippen LogP contribution in [0.15, 0.2) is 42.5 Å². The highest BCUT2D eigenvalue weighted by Gasteiger charge is 2.42. The molecule has 1 atom stereocenters. The van der Waals surface area contributed by atoms with Crippen molar-refractivity contribution in [3.8, 4) is 0 Å². The molecule has 1 spiro atoms. The first-order valence-electron chi connectivity index (χ1n) is 9.74. The van der Waals surface area contributed by atoms with E-state index in [1.807, 2.05) is 0 Å². The normalized spacial score (nSPS) is 22.7. The molecule has 0 aliphatic carbocycles. The Morgan fingerprint density at radius 3 is 2.69 bits per heavy atom. The van der Waals surface area contributed by atoms with E-state index in [-0.39, 0.29) is 17.6 Å². The number of piperidine rings is 1. The van der Waals surface area contributed by atoms with E-state index >= 15 is 0 Å². The molecule has 1 unspecified atom stereocenters. The lowest BCUT2D eigenvalue weighted by atomic mass is 9.88. The van der Waals surface area contributed by atoms with Gasteiger partial charge in [-0.3, -0.25) is 9.69 Å². The number of amides is 1. The highest BCUT2D eigenvalue weighted by molar-refractivity contribution is 5.82. The van der Waals surface area contributed by atoms with Crippen LogP contribution >= 0.6 is 0 Å². The highest BCUT2D eigenvalue weighted by Crippen LogP contribution is 2.39. The molecule has 2 saturated heterocycles. The first-order chi connectivity index (χ1) is 12.6. The number of carbonyl (C=O) groups is 1. The van der Waals surface area contributed by atoms with Crippen LogP contribution in [0.25, 0.3) is 10.8 Å². The van der Waals surface area contributed by atoms with Crippen LogP contribution in [0.4, 0.5) is 0 Å². The van der Waals surface area contributed by atoms with Gasteiger partial charge in [0.1, 0.15) is 0 Å². The summed E-state index contributed by atoms with van der Waals surface area (Å²) in [6.07, 6.45) is 4.56. The van der Waals surface area contributed by atoms with Gasteiger partial charge in [-0.1, -0.05) is 36.4 Å². The Labute approximate surface area is 155 Å². The Morgan fingerprint density at radius 1 is 1.15 bits per heavy atom. The van der Waals surface area contributed by atoms with Crippen molar-refractivity contribution in [3.05, 3.63) is 48.0 Å². The van der Waals surface area contributed by atoms with E-state index in [4.69, 9.17) is 4.74 Å². The molecular weight excluding hydrogens is 324 g/mol. The highest BCUT2D eigenvalue weighted by atomic mass is 16.5. The Morgan fingerprint density at radius 2 is 1.92 bits per heavy atom. The molecule has 138 valence electrons. The van der Waals surface area contributed by atoms with Crippen molar-refractivity contribution in [1.82, 2.24) is 10.2 Å². The predicted molar refractivity (Wildman–Crippen MR) is 104 cm³/mol. The number of benzene rings is 2. The van der Waals surface area contributed by atoms with E-state index in [9.17, 15) is 4.79 Å². The summed E-state index contributed by atoms with van der Waals surface area (Å²) in [5, 5.41) is 5.51. The van der Waals surface area contributed by atoms with Gasteiger partial charge in [0.15, 0.2) is 0 Å². The molecule has 4 rings (SSSR count). The minimum atomic E-state index is 0.0276. The molecule has 2 fully saturated rings. The largest absolute Gasteiger partial charge is 0.370 e. The number of hydrogen-bond donors (Lipinski definition) is 1. The topological polar surface area (TPSA) is 41.6 Å². The summed E-state index contributed by atoms with van der Waals surface area (Å²) in [5.74, 6) is 0.0276. The zero-order valence-electron chi connectivity index (χ0n) is 15.5. The molecule has 2 heterocycles. The molecule has 2 aliphatic heterocycles. The SMILES string of the molecule is CC(=O)NCC1CCC2(CCN(Cc3ccc4ccccc4c3)CC2)O1. The van der Waals surface area contributed by atoms with Crippen LogP contribution in [0, 0.1) is 0 Å². The second kappa shape index (κ2) is 7.37. The van der Waals surface area contributed by atoms with Crippen LogP contribution in [0.1, 0.15) is 38.2 Å². The van der Waals surface area contributed by atoms with Gasteiger partial charge < -0.3 is 10.1 Å². The van der Waals surface area contributed by atoms with Gasteiger partial charge in [-0.15, -0.1) is 0 Å². The van der Waals surface area contributed by atoms with E-state index < -0.39 is 0 Å². The van der Waals surface area contributed by atoms with E-state index in [1.165, 1.54) is 16.3 Å². The van der Waals surface area contributed by atoms with Gasteiger partial charge in [0.25, 0.3) is 0 Å². The standard InChI is InChI=1S/C22H28N2O2/c1-17(25)23-15-21-8-9-22(26-21)10-12-24(13-11-22)16-18-6-7-19-4-2-3-5-20(19)14-18/h2-7,14,21H,8-13,15-16H2,1H3,(H,23,25). The molecule has 1 N–H and O–H groups in total. The number of hydrogen-bond acceptors (Lipinski definition) is 3. The van der Waals surface area contributed by atoms with Gasteiger partial charge in [0.2, 0.25) is 5.91 Å². The van der Waals surface area contributed by atoms with Crippen molar-refractivity contribution in [2.24, 2.45) is 0 Å². The number of nitrogens with zero attached hydrogens (tertiary/aromatic N) is 1. The Kier molecular flexibility index (Phi) is 4.96. The van der Waals surface area contributed by atoms with Crippen LogP contribution in [0.2, 0.25) is 0 Å².